The van der Waals surface area contributed by atoms with E-state index in [0.717, 1.165) is 0 Å². The van der Waals surface area contributed by atoms with Crippen molar-refractivity contribution < 1.29 is 55.9 Å². The summed E-state index contributed by atoms with van der Waals surface area (Å²) >= 11 is 0. The van der Waals surface area contributed by atoms with Crippen LogP contribution in [0.25, 0.3) is 10.9 Å². The molecule has 0 radical (unpaired) electrons. The molecule has 9 N–H and O–H groups in total. The Morgan fingerprint density at radius 1 is 1.20 bits per heavy atom. The number of nitrogen functional groups attached to an aromatic ring is 1. The van der Waals surface area contributed by atoms with Crippen molar-refractivity contribution in [1.82, 2.24) is 9.55 Å². The Morgan fingerprint density at radius 3 is 2.49 bits per heavy atom. The fourth-order valence-electron chi connectivity index (χ4n) is 3.55. The first kappa shape index (κ1) is 34.3. The smallest absolute Gasteiger partial charge is 0.385 e. The first-order valence-corrected chi connectivity index (χ1v) is 18.3. The molecule has 1 saturated heterocycles. The number of phosphoric ester groups is 1. The van der Waals surface area contributed by atoms with Gasteiger partial charge >= 0.3 is 23.5 Å². The van der Waals surface area contributed by atoms with Crippen LogP contribution < -0.4 is 17.0 Å². The van der Waals surface area contributed by atoms with E-state index in [2.05, 4.69) is 25.4 Å². The molecule has 0 aliphatic carbocycles. The molecule has 3 rings (SSSR count). The molecular formula is C19H29N4O13P3S2. The first-order chi connectivity index (χ1) is 18.8. The fraction of sp³-hybridized carbons (Fsp3) is 0.526. The molecule has 0 aromatic carbocycles. The van der Waals surface area contributed by atoms with Gasteiger partial charge in [-0.05, 0) is 0 Å². The standard InChI is InChI=1S/C19H29N4O13P3S2/c1-19(2,3)41-40-10-32-13-8-15(33-18(13)34-38(28,29)36-39(30,31)35-37(25,26)27)23-9-11(5-4-6-20)16-12(23)7-14(21)22-17(16)24/h7,9,13,15,18H,6,8,10,20H2,1-3H3,(H,28,29)(H,30,31)(H3,21,22,24)(H2,25,26,27)/t13?,15-,18-/m1/s1. The summed E-state index contributed by atoms with van der Waals surface area (Å²) < 4.78 is 60.8. The lowest BCUT2D eigenvalue weighted by Crippen LogP contribution is -2.26. The Kier molecular flexibility index (Phi) is 11.1. The third-order valence-corrected chi connectivity index (χ3v) is 11.6. The Bertz CT molecular complexity index is 1530. The van der Waals surface area contributed by atoms with Crippen LogP contribution in [0.3, 0.4) is 0 Å². The van der Waals surface area contributed by atoms with Crippen LogP contribution in [0.4, 0.5) is 5.82 Å². The summed E-state index contributed by atoms with van der Waals surface area (Å²) in [4.78, 5) is 52.3. The third-order valence-electron chi connectivity index (χ3n) is 4.81. The van der Waals surface area contributed by atoms with Gasteiger partial charge in [-0.3, -0.25) is 9.32 Å². The van der Waals surface area contributed by atoms with Crippen LogP contribution in [0.5, 0.6) is 0 Å². The van der Waals surface area contributed by atoms with Gasteiger partial charge in [-0.1, -0.05) is 54.2 Å². The van der Waals surface area contributed by atoms with Crippen LogP contribution in [-0.4, -0.2) is 58.7 Å². The van der Waals surface area contributed by atoms with E-state index in [1.54, 1.807) is 0 Å². The SMILES string of the molecule is CC(C)(C)SSCOC1C[C@H](n2cc(C#CCN)c3c(=O)[nH]c(N)cc32)O[C@@H]1OP(=O)(O)OP(=O)(O)OP(=O)(O)O. The molecule has 3 unspecified atom stereocenters. The highest BCUT2D eigenvalue weighted by Crippen LogP contribution is 2.67. The second-order valence-electron chi connectivity index (χ2n) is 9.30. The van der Waals surface area contributed by atoms with Crippen molar-refractivity contribution in [3.63, 3.8) is 0 Å². The molecule has 2 aromatic heterocycles. The van der Waals surface area contributed by atoms with Crippen LogP contribution in [0.1, 0.15) is 39.0 Å². The zero-order valence-electron chi connectivity index (χ0n) is 21.7. The Labute approximate surface area is 241 Å². The highest BCUT2D eigenvalue weighted by atomic mass is 33.1. The van der Waals surface area contributed by atoms with Gasteiger partial charge in [0.05, 0.1) is 23.0 Å². The Balaban J connectivity index is 1.92. The summed E-state index contributed by atoms with van der Waals surface area (Å²) in [6.45, 7) is 5.95. The summed E-state index contributed by atoms with van der Waals surface area (Å²) in [5.41, 5.74) is 11.4. The highest BCUT2D eigenvalue weighted by molar-refractivity contribution is 8.77. The lowest BCUT2D eigenvalue weighted by atomic mass is 10.2. The largest absolute Gasteiger partial charge is 0.490 e. The maximum absolute atomic E-state index is 12.7. The maximum Gasteiger partial charge on any atom is 0.490 e. The van der Waals surface area contributed by atoms with Crippen molar-refractivity contribution in [2.24, 2.45) is 5.73 Å². The van der Waals surface area contributed by atoms with E-state index in [9.17, 15) is 28.3 Å². The van der Waals surface area contributed by atoms with E-state index < -0.39 is 47.6 Å². The van der Waals surface area contributed by atoms with E-state index >= 15 is 0 Å². The van der Waals surface area contributed by atoms with Gasteiger partial charge in [-0.25, -0.2) is 13.7 Å². The lowest BCUT2D eigenvalue weighted by Gasteiger charge is -2.23. The van der Waals surface area contributed by atoms with Gasteiger partial charge in [0.15, 0.2) is 6.29 Å². The van der Waals surface area contributed by atoms with Gasteiger partial charge < -0.3 is 50.1 Å². The zero-order chi connectivity index (χ0) is 30.8. The summed E-state index contributed by atoms with van der Waals surface area (Å²) in [5, 5.41) is 0.176. The number of nitrogens with zero attached hydrogens (tertiary/aromatic N) is 1. The van der Waals surface area contributed by atoms with Crippen molar-refractivity contribution in [2.45, 2.75) is 50.6 Å². The highest BCUT2D eigenvalue weighted by Gasteiger charge is 2.47. The van der Waals surface area contributed by atoms with Crippen LogP contribution in [0.15, 0.2) is 17.1 Å². The van der Waals surface area contributed by atoms with Crippen LogP contribution in [-0.2, 0) is 36.3 Å². The van der Waals surface area contributed by atoms with E-state index in [1.807, 2.05) is 20.8 Å². The molecule has 0 bridgehead atoms. The van der Waals surface area contributed by atoms with Crippen molar-refractivity contribution in [2.75, 3.05) is 18.2 Å². The summed E-state index contributed by atoms with van der Waals surface area (Å²) in [5.74, 6) is 5.54. The first-order valence-electron chi connectivity index (χ1n) is 11.4. The van der Waals surface area contributed by atoms with E-state index in [4.69, 9.17) is 35.3 Å². The summed E-state index contributed by atoms with van der Waals surface area (Å²) in [6, 6.07) is 1.45. The number of H-pyrrole nitrogens is 1. The third kappa shape index (κ3) is 10.2. The van der Waals surface area contributed by atoms with Gasteiger partial charge in [-0.2, -0.15) is 8.62 Å². The number of rotatable bonds is 11. The average molecular weight is 679 g/mol. The summed E-state index contributed by atoms with van der Waals surface area (Å²) in [6.07, 6.45) is -2.33. The molecule has 0 spiro atoms. The minimum atomic E-state index is -5.77. The molecule has 0 saturated carbocycles. The zero-order valence-corrected chi connectivity index (χ0v) is 26.0. The van der Waals surface area contributed by atoms with E-state index in [0.29, 0.717) is 11.1 Å². The average Bonchev–Trinajstić information content (AvgIpc) is 3.32. The van der Waals surface area contributed by atoms with Gasteiger partial charge in [0.1, 0.15) is 24.1 Å². The number of aromatic amines is 1. The maximum atomic E-state index is 12.7. The topological polar surface area (TPSA) is 268 Å². The van der Waals surface area contributed by atoms with Crippen molar-refractivity contribution in [3.8, 4) is 11.8 Å². The predicted molar refractivity (Wildman–Crippen MR) is 151 cm³/mol. The quantitative estimate of drug-likeness (QED) is 0.0591. The van der Waals surface area contributed by atoms with Gasteiger partial charge in [0, 0.05) is 23.4 Å². The number of hydrogen-bond acceptors (Lipinski definition) is 13. The molecule has 17 nitrogen and oxygen atoms in total. The molecular weight excluding hydrogens is 649 g/mol. The molecule has 1 aliphatic rings. The Morgan fingerprint density at radius 2 is 1.88 bits per heavy atom. The van der Waals surface area contributed by atoms with Crippen LogP contribution in [0, 0.1) is 11.8 Å². The molecule has 5 atom stereocenters. The van der Waals surface area contributed by atoms with Crippen LogP contribution >= 0.6 is 45.1 Å². The molecule has 22 heteroatoms. The number of anilines is 1. The predicted octanol–water partition coefficient (Wildman–Crippen LogP) is 2.33. The van der Waals surface area contributed by atoms with Crippen molar-refractivity contribution in [1.29, 1.82) is 0 Å². The minimum absolute atomic E-state index is 0.0157. The number of nitrogens with one attached hydrogen (secondary N) is 1. The van der Waals surface area contributed by atoms with E-state index in [1.165, 1.54) is 38.4 Å². The number of pyridine rings is 1. The number of aromatic nitrogens is 2. The number of ether oxygens (including phenoxy) is 2. The fourth-order valence-corrected chi connectivity index (χ4v) is 8.67. The molecule has 1 fully saturated rings. The Hall–Kier alpha value is -1.16. The van der Waals surface area contributed by atoms with Crippen molar-refractivity contribution in [3.05, 3.63) is 28.2 Å². The molecule has 1 aliphatic heterocycles. The van der Waals surface area contributed by atoms with Crippen molar-refractivity contribution >= 4 is 61.8 Å². The summed E-state index contributed by atoms with van der Waals surface area (Å²) in [7, 11) is -14.1. The number of fused-ring (bicyclic) bond motifs is 1. The lowest BCUT2D eigenvalue weighted by molar-refractivity contribution is -0.140. The molecule has 230 valence electrons. The normalized spacial score (nSPS) is 22.7. The molecule has 3 heterocycles. The van der Waals surface area contributed by atoms with Crippen LogP contribution in [0.2, 0.25) is 0 Å². The molecule has 2 aromatic rings. The number of nitrogens with two attached hydrogens (primary N) is 2. The second-order valence-corrected chi connectivity index (χ2v) is 16.7. The molecule has 0 amide bonds. The second kappa shape index (κ2) is 13.2. The minimum Gasteiger partial charge on any atom is -0.385 e. The van der Waals surface area contributed by atoms with E-state index in [-0.39, 0.29) is 34.9 Å². The molecule has 41 heavy (non-hydrogen) atoms. The van der Waals surface area contributed by atoms with Gasteiger partial charge in [0.25, 0.3) is 5.56 Å². The number of phosphoric acid groups is 3. The number of hydrogen-bond donors (Lipinski definition) is 7. The van der Waals surface area contributed by atoms with Gasteiger partial charge in [-0.15, -0.1) is 0 Å². The monoisotopic (exact) mass is 678 g/mol. The van der Waals surface area contributed by atoms with Gasteiger partial charge in [0.2, 0.25) is 0 Å².